The molecule has 1 aromatic carbocycles. The number of nitrogens with one attached hydrogen (secondary N) is 1. The Hall–Kier alpha value is -1.83. The molecule has 1 saturated heterocycles. The van der Waals surface area contributed by atoms with Gasteiger partial charge in [-0.3, -0.25) is 15.0 Å². The number of anilines is 1. The van der Waals surface area contributed by atoms with Gasteiger partial charge in [-0.25, -0.2) is 0 Å². The van der Waals surface area contributed by atoms with Crippen molar-refractivity contribution in [3.05, 3.63) is 41.4 Å². The fourth-order valence-electron chi connectivity index (χ4n) is 2.66. The van der Waals surface area contributed by atoms with Crippen LogP contribution in [0.5, 0.6) is 0 Å². The second-order valence-corrected chi connectivity index (χ2v) is 6.38. The van der Waals surface area contributed by atoms with Crippen LogP contribution in [0, 0.1) is 0 Å². The summed E-state index contributed by atoms with van der Waals surface area (Å²) in [5, 5.41) is 10.8. The summed E-state index contributed by atoms with van der Waals surface area (Å²) in [5.41, 5.74) is 2.92. The average molecular weight is 332 g/mol. The zero-order valence-electron chi connectivity index (χ0n) is 12.9. The van der Waals surface area contributed by atoms with Crippen molar-refractivity contribution in [1.82, 2.24) is 15.1 Å². The summed E-state index contributed by atoms with van der Waals surface area (Å²) in [6.07, 6.45) is 2.15. The van der Waals surface area contributed by atoms with Crippen LogP contribution >= 0.6 is 11.3 Å². The number of hydrogen-bond donors (Lipinski definition) is 1. The minimum absolute atomic E-state index is 0.0505. The van der Waals surface area contributed by atoms with E-state index in [2.05, 4.69) is 44.7 Å². The van der Waals surface area contributed by atoms with Gasteiger partial charge in [0.1, 0.15) is 5.51 Å². The minimum atomic E-state index is -0.0505. The Kier molecular flexibility index (Phi) is 5.68. The molecule has 3 rings (SSSR count). The first-order chi connectivity index (χ1) is 11.3. The van der Waals surface area contributed by atoms with Gasteiger partial charge in [-0.05, 0) is 18.4 Å². The predicted octanol–water partition coefficient (Wildman–Crippen LogP) is 1.81. The van der Waals surface area contributed by atoms with Crippen molar-refractivity contribution in [2.75, 3.05) is 31.6 Å². The number of rotatable bonds is 6. The molecule has 0 aliphatic carbocycles. The second-order valence-electron chi connectivity index (χ2n) is 5.54. The normalized spacial score (nSPS) is 18.7. The first-order valence-corrected chi connectivity index (χ1v) is 8.61. The largest absolute Gasteiger partial charge is 0.376 e. The van der Waals surface area contributed by atoms with Crippen molar-refractivity contribution in [3.63, 3.8) is 0 Å². The van der Waals surface area contributed by atoms with Gasteiger partial charge < -0.3 is 4.74 Å². The molecule has 1 fully saturated rings. The molecule has 1 aliphatic rings. The monoisotopic (exact) mass is 332 g/mol. The van der Waals surface area contributed by atoms with E-state index in [4.69, 9.17) is 4.74 Å². The third-order valence-electron chi connectivity index (χ3n) is 3.79. The molecule has 1 N–H and O–H groups in total. The van der Waals surface area contributed by atoms with E-state index in [9.17, 15) is 4.79 Å². The maximum Gasteiger partial charge on any atom is 0.240 e. The predicted molar refractivity (Wildman–Crippen MR) is 89.5 cm³/mol. The number of aryl methyl sites for hydroxylation is 1. The van der Waals surface area contributed by atoms with E-state index in [-0.39, 0.29) is 12.0 Å². The molecule has 23 heavy (non-hydrogen) atoms. The molecular weight excluding hydrogens is 312 g/mol. The molecule has 1 amide bonds. The van der Waals surface area contributed by atoms with Crippen LogP contribution < -0.4 is 5.32 Å². The number of carbonyl (C=O) groups excluding carboxylic acids is 1. The van der Waals surface area contributed by atoms with Gasteiger partial charge in [-0.15, -0.1) is 10.2 Å². The number of aromatic nitrogens is 2. The number of morpholine rings is 1. The number of carbonyl (C=O) groups is 1. The molecule has 0 saturated carbocycles. The summed E-state index contributed by atoms with van der Waals surface area (Å²) in [6.45, 7) is 2.61. The zero-order valence-corrected chi connectivity index (χ0v) is 13.7. The van der Waals surface area contributed by atoms with Crippen molar-refractivity contribution in [2.24, 2.45) is 0 Å². The highest BCUT2D eigenvalue weighted by atomic mass is 32.1. The van der Waals surface area contributed by atoms with Crippen LogP contribution in [0.15, 0.2) is 35.8 Å². The van der Waals surface area contributed by atoms with Crippen LogP contribution in [0.2, 0.25) is 0 Å². The summed E-state index contributed by atoms with van der Waals surface area (Å²) in [7, 11) is 0. The Labute approximate surface area is 139 Å². The summed E-state index contributed by atoms with van der Waals surface area (Å²) in [4.78, 5) is 14.1. The number of hydrogen-bond acceptors (Lipinski definition) is 6. The maximum atomic E-state index is 12.0. The lowest BCUT2D eigenvalue weighted by Gasteiger charge is -2.32. The Morgan fingerprint density at radius 1 is 1.39 bits per heavy atom. The van der Waals surface area contributed by atoms with Crippen molar-refractivity contribution in [2.45, 2.75) is 18.9 Å². The lowest BCUT2D eigenvalue weighted by atomic mass is 10.1. The van der Waals surface area contributed by atoms with E-state index in [1.165, 1.54) is 16.9 Å². The van der Waals surface area contributed by atoms with E-state index in [1.54, 1.807) is 5.51 Å². The van der Waals surface area contributed by atoms with Crippen molar-refractivity contribution < 1.29 is 9.53 Å². The topological polar surface area (TPSA) is 67.3 Å². The number of benzene rings is 1. The minimum Gasteiger partial charge on any atom is -0.376 e. The van der Waals surface area contributed by atoms with Crippen molar-refractivity contribution in [3.8, 4) is 0 Å². The Morgan fingerprint density at radius 3 is 3.04 bits per heavy atom. The highest BCUT2D eigenvalue weighted by Crippen LogP contribution is 2.13. The molecule has 7 heteroatoms. The molecule has 0 bridgehead atoms. The van der Waals surface area contributed by atoms with Crippen molar-refractivity contribution in [1.29, 1.82) is 0 Å². The average Bonchev–Trinajstić information content (AvgIpc) is 3.07. The first kappa shape index (κ1) is 16.0. The van der Waals surface area contributed by atoms with E-state index in [0.717, 1.165) is 25.9 Å². The summed E-state index contributed by atoms with van der Waals surface area (Å²) in [5.74, 6) is -0.0505. The van der Waals surface area contributed by atoms with E-state index in [0.29, 0.717) is 18.3 Å². The van der Waals surface area contributed by atoms with Crippen LogP contribution in [-0.4, -0.2) is 53.3 Å². The van der Waals surface area contributed by atoms with Crippen LogP contribution in [0.4, 0.5) is 5.13 Å². The van der Waals surface area contributed by atoms with Crippen LogP contribution in [0.25, 0.3) is 0 Å². The molecule has 2 aromatic rings. The molecule has 122 valence electrons. The molecule has 0 spiro atoms. The molecule has 1 atom stereocenters. The van der Waals surface area contributed by atoms with Gasteiger partial charge in [0.25, 0.3) is 0 Å². The standard InChI is InChI=1S/C16H20N4O2S/c21-15(18-16-19-17-12-23-16)11-20-8-9-22-14(10-20)7-6-13-4-2-1-3-5-13/h1-5,12,14H,6-11H2,(H,18,19,21). The quantitative estimate of drug-likeness (QED) is 0.874. The lowest BCUT2D eigenvalue weighted by Crippen LogP contribution is -2.45. The molecule has 1 unspecified atom stereocenters. The zero-order chi connectivity index (χ0) is 15.9. The number of nitrogens with zero attached hydrogens (tertiary/aromatic N) is 3. The summed E-state index contributed by atoms with van der Waals surface area (Å²) >= 11 is 1.32. The SMILES string of the molecule is O=C(CN1CCOC(CCc2ccccc2)C1)Nc1nncs1. The van der Waals surface area contributed by atoms with Gasteiger partial charge in [0, 0.05) is 13.1 Å². The van der Waals surface area contributed by atoms with Crippen molar-refractivity contribution >= 4 is 22.4 Å². The molecule has 6 nitrogen and oxygen atoms in total. The fourth-order valence-corrected chi connectivity index (χ4v) is 3.12. The summed E-state index contributed by atoms with van der Waals surface area (Å²) < 4.78 is 5.82. The molecule has 0 radical (unpaired) electrons. The number of ether oxygens (including phenoxy) is 1. The Bertz CT molecular complexity index is 606. The maximum absolute atomic E-state index is 12.0. The van der Waals surface area contributed by atoms with Gasteiger partial charge in [0.15, 0.2) is 0 Å². The molecular formula is C16H20N4O2S. The second kappa shape index (κ2) is 8.14. The Morgan fingerprint density at radius 2 is 2.26 bits per heavy atom. The van der Waals surface area contributed by atoms with Crippen LogP contribution in [0.3, 0.4) is 0 Å². The summed E-state index contributed by atoms with van der Waals surface area (Å²) in [6, 6.07) is 10.4. The highest BCUT2D eigenvalue weighted by molar-refractivity contribution is 7.13. The van der Waals surface area contributed by atoms with E-state index in [1.807, 2.05) is 6.07 Å². The van der Waals surface area contributed by atoms with E-state index < -0.39 is 0 Å². The van der Waals surface area contributed by atoms with Crippen LogP contribution in [-0.2, 0) is 16.0 Å². The molecule has 1 aromatic heterocycles. The third-order valence-corrected chi connectivity index (χ3v) is 4.40. The van der Waals surface area contributed by atoms with Gasteiger partial charge in [-0.1, -0.05) is 41.7 Å². The van der Waals surface area contributed by atoms with Gasteiger partial charge in [-0.2, -0.15) is 0 Å². The molecule has 1 aliphatic heterocycles. The first-order valence-electron chi connectivity index (χ1n) is 7.73. The number of amides is 1. The van der Waals surface area contributed by atoms with Gasteiger partial charge >= 0.3 is 0 Å². The van der Waals surface area contributed by atoms with Gasteiger partial charge in [0.2, 0.25) is 11.0 Å². The fraction of sp³-hybridized carbons (Fsp3) is 0.438. The van der Waals surface area contributed by atoms with Crippen LogP contribution in [0.1, 0.15) is 12.0 Å². The smallest absolute Gasteiger partial charge is 0.240 e. The third kappa shape index (κ3) is 5.09. The van der Waals surface area contributed by atoms with Gasteiger partial charge in [0.05, 0.1) is 19.3 Å². The highest BCUT2D eigenvalue weighted by Gasteiger charge is 2.22. The Balaban J connectivity index is 1.43. The van der Waals surface area contributed by atoms with E-state index >= 15 is 0 Å². The lowest BCUT2D eigenvalue weighted by molar-refractivity contribution is -0.119. The molecule has 2 heterocycles.